The molecular formula is C10H17ClN2S. The van der Waals surface area contributed by atoms with Crippen molar-refractivity contribution in [2.75, 3.05) is 5.88 Å². The van der Waals surface area contributed by atoms with E-state index in [0.29, 0.717) is 17.7 Å². The lowest BCUT2D eigenvalue weighted by atomic mass is 9.99. The van der Waals surface area contributed by atoms with Crippen LogP contribution in [0.1, 0.15) is 43.1 Å². The first-order valence-corrected chi connectivity index (χ1v) is 6.38. The molecule has 0 aliphatic carbocycles. The highest BCUT2D eigenvalue weighted by Gasteiger charge is 2.14. The summed E-state index contributed by atoms with van der Waals surface area (Å²) in [4.78, 5) is 0. The molecule has 0 fully saturated rings. The summed E-state index contributed by atoms with van der Waals surface area (Å²) in [5, 5.41) is 10.7. The second-order valence-electron chi connectivity index (χ2n) is 3.86. The van der Waals surface area contributed by atoms with Crippen LogP contribution in [0.5, 0.6) is 0 Å². The lowest BCUT2D eigenvalue weighted by molar-refractivity contribution is 0.529. The Bertz CT molecular complexity index is 273. The second-order valence-corrected chi connectivity index (χ2v) is 5.33. The lowest BCUT2D eigenvalue weighted by Crippen LogP contribution is -2.00. The van der Waals surface area contributed by atoms with Gasteiger partial charge >= 0.3 is 0 Å². The number of alkyl halides is 1. The number of rotatable bonds is 5. The van der Waals surface area contributed by atoms with Gasteiger partial charge in [-0.25, -0.2) is 0 Å². The highest BCUT2D eigenvalue weighted by Crippen LogP contribution is 2.26. The van der Waals surface area contributed by atoms with Crippen molar-refractivity contribution in [1.82, 2.24) is 10.2 Å². The second kappa shape index (κ2) is 5.66. The minimum atomic E-state index is 0.511. The van der Waals surface area contributed by atoms with E-state index in [1.165, 1.54) is 0 Å². The van der Waals surface area contributed by atoms with Crippen molar-refractivity contribution < 1.29 is 0 Å². The predicted octanol–water partition coefficient (Wildman–Crippen LogP) is 3.47. The summed E-state index contributed by atoms with van der Waals surface area (Å²) in [5.74, 6) is 1.84. The van der Waals surface area contributed by atoms with Gasteiger partial charge in [0.15, 0.2) is 0 Å². The van der Waals surface area contributed by atoms with Gasteiger partial charge in [-0.05, 0) is 12.3 Å². The van der Waals surface area contributed by atoms with E-state index >= 15 is 0 Å². The van der Waals surface area contributed by atoms with Crippen LogP contribution in [0.15, 0.2) is 0 Å². The Balaban J connectivity index is 2.58. The van der Waals surface area contributed by atoms with E-state index in [0.717, 1.165) is 22.9 Å². The zero-order valence-electron chi connectivity index (χ0n) is 8.96. The Morgan fingerprint density at radius 1 is 1.29 bits per heavy atom. The van der Waals surface area contributed by atoms with Gasteiger partial charge in [0.05, 0.1) is 0 Å². The van der Waals surface area contributed by atoms with Crippen LogP contribution in [0, 0.1) is 5.92 Å². The van der Waals surface area contributed by atoms with E-state index in [4.69, 9.17) is 11.6 Å². The summed E-state index contributed by atoms with van der Waals surface area (Å²) in [6, 6.07) is 0. The van der Waals surface area contributed by atoms with Crippen LogP contribution in [0.4, 0.5) is 0 Å². The van der Waals surface area contributed by atoms with Crippen LogP contribution in [0.2, 0.25) is 0 Å². The molecule has 0 N–H and O–H groups in total. The molecule has 0 aliphatic heterocycles. The third kappa shape index (κ3) is 3.21. The largest absolute Gasteiger partial charge is 0.144 e. The molecule has 1 aromatic rings. The van der Waals surface area contributed by atoms with Gasteiger partial charge in [0, 0.05) is 18.2 Å². The molecule has 0 aromatic carbocycles. The number of halogens is 1. The van der Waals surface area contributed by atoms with Gasteiger partial charge in [-0.2, -0.15) is 0 Å². The zero-order valence-corrected chi connectivity index (χ0v) is 10.5. The molecule has 2 nitrogen and oxygen atoms in total. The SMILES string of the molecule is CC(C)C(C)c1nnc(CCCCl)s1. The topological polar surface area (TPSA) is 25.8 Å². The van der Waals surface area contributed by atoms with Crippen molar-refractivity contribution in [3.05, 3.63) is 10.0 Å². The van der Waals surface area contributed by atoms with Crippen molar-refractivity contribution in [3.63, 3.8) is 0 Å². The molecule has 0 radical (unpaired) electrons. The maximum atomic E-state index is 5.63. The minimum Gasteiger partial charge on any atom is -0.144 e. The van der Waals surface area contributed by atoms with Gasteiger partial charge in [-0.3, -0.25) is 0 Å². The van der Waals surface area contributed by atoms with Crippen LogP contribution in [0.25, 0.3) is 0 Å². The van der Waals surface area contributed by atoms with Crippen LogP contribution >= 0.6 is 22.9 Å². The molecular weight excluding hydrogens is 216 g/mol. The zero-order chi connectivity index (χ0) is 10.6. The average molecular weight is 233 g/mol. The number of hydrogen-bond donors (Lipinski definition) is 0. The van der Waals surface area contributed by atoms with E-state index < -0.39 is 0 Å². The maximum Gasteiger partial charge on any atom is 0.120 e. The monoisotopic (exact) mass is 232 g/mol. The number of aryl methyl sites for hydroxylation is 1. The van der Waals surface area contributed by atoms with Crippen LogP contribution in [0.3, 0.4) is 0 Å². The molecule has 80 valence electrons. The Kier molecular flexibility index (Phi) is 4.82. The molecule has 14 heavy (non-hydrogen) atoms. The van der Waals surface area contributed by atoms with E-state index in [9.17, 15) is 0 Å². The first-order chi connectivity index (χ1) is 6.65. The summed E-state index contributed by atoms with van der Waals surface area (Å²) in [6.07, 6.45) is 1.96. The van der Waals surface area contributed by atoms with Gasteiger partial charge in [0.25, 0.3) is 0 Å². The van der Waals surface area contributed by atoms with Gasteiger partial charge in [-0.15, -0.1) is 33.1 Å². The molecule has 1 heterocycles. The lowest BCUT2D eigenvalue weighted by Gasteiger charge is -2.10. The smallest absolute Gasteiger partial charge is 0.120 e. The highest BCUT2D eigenvalue weighted by atomic mass is 35.5. The number of nitrogens with zero attached hydrogens (tertiary/aromatic N) is 2. The number of aromatic nitrogens is 2. The molecule has 0 amide bonds. The quantitative estimate of drug-likeness (QED) is 0.727. The van der Waals surface area contributed by atoms with Crippen molar-refractivity contribution in [3.8, 4) is 0 Å². The molecule has 0 saturated carbocycles. The fraction of sp³-hybridized carbons (Fsp3) is 0.800. The summed E-state index contributed by atoms with van der Waals surface area (Å²) in [5.41, 5.74) is 0. The first-order valence-electron chi connectivity index (χ1n) is 5.03. The maximum absolute atomic E-state index is 5.63. The van der Waals surface area contributed by atoms with E-state index in [1.54, 1.807) is 11.3 Å². The van der Waals surface area contributed by atoms with Crippen molar-refractivity contribution in [1.29, 1.82) is 0 Å². The Morgan fingerprint density at radius 2 is 2.00 bits per heavy atom. The molecule has 1 rings (SSSR count). The Labute approximate surface area is 94.7 Å². The van der Waals surface area contributed by atoms with Gasteiger partial charge < -0.3 is 0 Å². The summed E-state index contributed by atoms with van der Waals surface area (Å²) in [6.45, 7) is 6.63. The summed E-state index contributed by atoms with van der Waals surface area (Å²) >= 11 is 7.36. The van der Waals surface area contributed by atoms with Crippen LogP contribution < -0.4 is 0 Å². The predicted molar refractivity (Wildman–Crippen MR) is 62.2 cm³/mol. The fourth-order valence-corrected chi connectivity index (χ4v) is 2.30. The van der Waals surface area contributed by atoms with E-state index in [-0.39, 0.29) is 0 Å². The molecule has 0 bridgehead atoms. The Morgan fingerprint density at radius 3 is 2.57 bits per heavy atom. The minimum absolute atomic E-state index is 0.511. The summed E-state index contributed by atoms with van der Waals surface area (Å²) in [7, 11) is 0. The molecule has 0 aliphatic rings. The third-order valence-electron chi connectivity index (χ3n) is 2.40. The Hall–Kier alpha value is -0.150. The van der Waals surface area contributed by atoms with Crippen LogP contribution in [-0.2, 0) is 6.42 Å². The van der Waals surface area contributed by atoms with Gasteiger partial charge in [0.1, 0.15) is 10.0 Å². The molecule has 4 heteroatoms. The van der Waals surface area contributed by atoms with E-state index in [1.807, 2.05) is 0 Å². The first kappa shape index (κ1) is 11.9. The fourth-order valence-electron chi connectivity index (χ4n) is 1.05. The number of hydrogen-bond acceptors (Lipinski definition) is 3. The molecule has 1 atom stereocenters. The van der Waals surface area contributed by atoms with Crippen molar-refractivity contribution in [2.24, 2.45) is 5.92 Å². The molecule has 1 aromatic heterocycles. The highest BCUT2D eigenvalue weighted by molar-refractivity contribution is 7.11. The summed E-state index contributed by atoms with van der Waals surface area (Å²) < 4.78 is 0. The molecule has 0 spiro atoms. The molecule has 0 saturated heterocycles. The van der Waals surface area contributed by atoms with Crippen molar-refractivity contribution in [2.45, 2.75) is 39.5 Å². The normalized spacial score (nSPS) is 13.5. The standard InChI is InChI=1S/C10H17ClN2S/c1-7(2)8(3)10-13-12-9(14-10)5-4-6-11/h7-8H,4-6H2,1-3H3. The van der Waals surface area contributed by atoms with Gasteiger partial charge in [0.2, 0.25) is 0 Å². The van der Waals surface area contributed by atoms with Crippen LogP contribution in [-0.4, -0.2) is 16.1 Å². The average Bonchev–Trinajstić information content (AvgIpc) is 2.61. The molecule has 1 unspecified atom stereocenters. The van der Waals surface area contributed by atoms with Gasteiger partial charge in [-0.1, -0.05) is 20.8 Å². The van der Waals surface area contributed by atoms with Crippen molar-refractivity contribution >= 4 is 22.9 Å². The van der Waals surface area contributed by atoms with E-state index in [2.05, 4.69) is 31.0 Å². The third-order valence-corrected chi connectivity index (χ3v) is 3.85.